The number of hydrogen-bond acceptors (Lipinski definition) is 7. The lowest BCUT2D eigenvalue weighted by Crippen LogP contribution is -2.47. The maximum absolute atomic E-state index is 14.9. The van der Waals surface area contributed by atoms with Crippen LogP contribution in [0.1, 0.15) is 29.9 Å². The number of carbonyl (C=O) groups excluding carboxylic acids is 1. The minimum absolute atomic E-state index is 0.00971. The summed E-state index contributed by atoms with van der Waals surface area (Å²) in [4.78, 5) is 21.2. The van der Waals surface area contributed by atoms with E-state index in [9.17, 15) is 9.18 Å². The van der Waals surface area contributed by atoms with Gasteiger partial charge in [0.05, 0.1) is 30.9 Å². The van der Waals surface area contributed by atoms with Crippen molar-refractivity contribution in [2.75, 3.05) is 25.1 Å². The van der Waals surface area contributed by atoms with Crippen LogP contribution in [-0.4, -0.2) is 42.8 Å². The molecule has 1 saturated heterocycles. The Kier molecular flexibility index (Phi) is 5.97. The van der Waals surface area contributed by atoms with E-state index >= 15 is 0 Å². The van der Waals surface area contributed by atoms with Gasteiger partial charge < -0.3 is 25.3 Å². The molecule has 0 saturated carbocycles. The summed E-state index contributed by atoms with van der Waals surface area (Å²) in [6.45, 7) is 4.49. The van der Waals surface area contributed by atoms with Crippen LogP contribution >= 0.6 is 0 Å². The molecule has 0 radical (unpaired) electrons. The lowest BCUT2D eigenvalue weighted by atomic mass is 9.77. The van der Waals surface area contributed by atoms with E-state index in [0.717, 1.165) is 0 Å². The predicted molar refractivity (Wildman–Crippen MR) is 116 cm³/mol. The largest absolute Gasteiger partial charge is 0.479 e. The summed E-state index contributed by atoms with van der Waals surface area (Å²) in [7, 11) is 0. The molecule has 0 aliphatic carbocycles. The minimum atomic E-state index is -0.993. The van der Waals surface area contributed by atoms with E-state index in [-0.39, 0.29) is 30.3 Å². The fourth-order valence-corrected chi connectivity index (χ4v) is 3.91. The molecule has 1 aromatic heterocycles. The molecule has 0 spiro atoms. The topological polar surface area (TPSA) is 108 Å². The van der Waals surface area contributed by atoms with E-state index in [4.69, 9.17) is 19.9 Å². The molecule has 2 aliphatic heterocycles. The third kappa shape index (κ3) is 4.22. The molecule has 32 heavy (non-hydrogen) atoms. The zero-order chi connectivity index (χ0) is 22.7. The summed E-state index contributed by atoms with van der Waals surface area (Å²) in [6, 6.07) is 7.50. The van der Waals surface area contributed by atoms with Gasteiger partial charge >= 0.3 is 0 Å². The molecule has 1 amide bonds. The van der Waals surface area contributed by atoms with Crippen LogP contribution in [-0.2, 0) is 15.0 Å². The third-order valence-corrected chi connectivity index (χ3v) is 5.59. The number of amidine groups is 1. The van der Waals surface area contributed by atoms with Gasteiger partial charge in [-0.3, -0.25) is 4.79 Å². The first kappa shape index (κ1) is 21.6. The average Bonchev–Trinajstić information content (AvgIpc) is 3.25. The molecule has 1 fully saturated rings. The number of benzene rings is 1. The number of nitrogens with two attached hydrogens (primary N) is 1. The first-order valence-electron chi connectivity index (χ1n) is 10.1. The Morgan fingerprint density at radius 2 is 2.22 bits per heavy atom. The van der Waals surface area contributed by atoms with Crippen molar-refractivity contribution in [1.29, 1.82) is 0 Å². The van der Waals surface area contributed by atoms with Crippen molar-refractivity contribution < 1.29 is 23.4 Å². The van der Waals surface area contributed by atoms with Crippen LogP contribution in [0.4, 0.5) is 10.1 Å². The molecule has 3 N–H and O–H groups in total. The monoisotopic (exact) mass is 438 g/mol. The number of hydrogen-bond donors (Lipinski definition) is 2. The molecule has 2 aromatic rings. The average molecular weight is 438 g/mol. The standard InChI is InChI=1S/C23H23FN4O4/c1-3-4-9-31-15-6-8-19(26-11-15)21(29)27-14-5-7-18(24)16(10-14)23(2)17-12-30-13-20(17)32-22(25)28-23/h5-8,10-11,17,20H,9,12-13H2,1-2H3,(H2,25,28)(H,27,29)/t17-,20+,23+/m0/s1. The van der Waals surface area contributed by atoms with Crippen molar-refractivity contribution in [3.05, 3.63) is 53.6 Å². The first-order valence-corrected chi connectivity index (χ1v) is 10.1. The van der Waals surface area contributed by atoms with E-state index in [0.29, 0.717) is 30.2 Å². The Hall–Kier alpha value is -3.64. The van der Waals surface area contributed by atoms with E-state index in [1.54, 1.807) is 32.0 Å². The number of anilines is 1. The molecule has 3 atom stereocenters. The number of nitrogens with one attached hydrogen (secondary N) is 1. The second kappa shape index (κ2) is 8.85. The van der Waals surface area contributed by atoms with Gasteiger partial charge in [-0.2, -0.15) is 0 Å². The summed E-state index contributed by atoms with van der Waals surface area (Å²) in [5.41, 5.74) is 5.76. The zero-order valence-electron chi connectivity index (χ0n) is 17.7. The van der Waals surface area contributed by atoms with Gasteiger partial charge in [-0.15, -0.1) is 5.92 Å². The third-order valence-electron chi connectivity index (χ3n) is 5.59. The van der Waals surface area contributed by atoms with Crippen molar-refractivity contribution in [3.8, 4) is 17.6 Å². The number of rotatable bonds is 5. The van der Waals surface area contributed by atoms with Crippen molar-refractivity contribution in [2.24, 2.45) is 16.6 Å². The summed E-state index contributed by atoms with van der Waals surface area (Å²) in [6.07, 6.45) is 1.15. The normalized spacial score (nSPS) is 23.8. The Bertz CT molecular complexity index is 1110. The summed E-state index contributed by atoms with van der Waals surface area (Å²) < 4.78 is 31.3. The maximum Gasteiger partial charge on any atom is 0.283 e. The smallest absolute Gasteiger partial charge is 0.283 e. The van der Waals surface area contributed by atoms with Gasteiger partial charge in [-0.05, 0) is 44.2 Å². The van der Waals surface area contributed by atoms with Gasteiger partial charge in [0, 0.05) is 11.3 Å². The summed E-state index contributed by atoms with van der Waals surface area (Å²) in [5.74, 6) is 4.91. The number of aliphatic imine (C=N–C) groups is 1. The zero-order valence-corrected chi connectivity index (χ0v) is 17.7. The molecule has 9 heteroatoms. The molecule has 0 unspecified atom stereocenters. The number of carbonyl (C=O) groups is 1. The Morgan fingerprint density at radius 3 is 2.97 bits per heavy atom. The molecule has 1 aromatic carbocycles. The van der Waals surface area contributed by atoms with Gasteiger partial charge in [0.2, 0.25) is 0 Å². The second-order valence-corrected chi connectivity index (χ2v) is 7.64. The fourth-order valence-electron chi connectivity index (χ4n) is 3.91. The van der Waals surface area contributed by atoms with Gasteiger partial charge in [0.15, 0.2) is 0 Å². The molecule has 0 bridgehead atoms. The molecule has 3 heterocycles. The number of halogens is 1. The summed E-state index contributed by atoms with van der Waals surface area (Å²) >= 11 is 0. The van der Waals surface area contributed by atoms with E-state index in [1.807, 2.05) is 0 Å². The van der Waals surface area contributed by atoms with Gasteiger partial charge in [0.25, 0.3) is 11.9 Å². The molecule has 166 valence electrons. The number of ether oxygens (including phenoxy) is 3. The minimum Gasteiger partial charge on any atom is -0.479 e. The van der Waals surface area contributed by atoms with Crippen molar-refractivity contribution in [2.45, 2.75) is 25.5 Å². The van der Waals surface area contributed by atoms with Crippen LogP contribution in [0.15, 0.2) is 41.5 Å². The SMILES string of the molecule is CC#CCOc1ccc(C(=O)Nc2ccc(F)c([C@@]3(C)N=C(N)O[C@@H]4COC[C@@H]43)c2)nc1. The quantitative estimate of drug-likeness (QED) is 0.695. The lowest BCUT2D eigenvalue weighted by molar-refractivity contribution is 0.0817. The van der Waals surface area contributed by atoms with Crippen LogP contribution in [0.3, 0.4) is 0 Å². The number of aromatic nitrogens is 1. The highest BCUT2D eigenvalue weighted by atomic mass is 19.1. The summed E-state index contributed by atoms with van der Waals surface area (Å²) in [5, 5.41) is 2.75. The van der Waals surface area contributed by atoms with Crippen LogP contribution in [0.25, 0.3) is 0 Å². The van der Waals surface area contributed by atoms with Gasteiger partial charge in [0.1, 0.15) is 30.0 Å². The number of amides is 1. The predicted octanol–water partition coefficient (Wildman–Crippen LogP) is 2.45. The Balaban J connectivity index is 1.54. The van der Waals surface area contributed by atoms with Crippen LogP contribution < -0.4 is 15.8 Å². The number of nitrogens with zero attached hydrogens (tertiary/aromatic N) is 2. The maximum atomic E-state index is 14.9. The molecular weight excluding hydrogens is 415 g/mol. The highest BCUT2D eigenvalue weighted by Gasteiger charge is 2.50. The Morgan fingerprint density at radius 1 is 1.38 bits per heavy atom. The molecule has 8 nitrogen and oxygen atoms in total. The highest BCUT2D eigenvalue weighted by molar-refractivity contribution is 6.02. The lowest BCUT2D eigenvalue weighted by Gasteiger charge is -2.38. The van der Waals surface area contributed by atoms with Crippen LogP contribution in [0.5, 0.6) is 5.75 Å². The van der Waals surface area contributed by atoms with Crippen molar-refractivity contribution >= 4 is 17.6 Å². The van der Waals surface area contributed by atoms with Crippen molar-refractivity contribution in [3.63, 3.8) is 0 Å². The first-order chi connectivity index (χ1) is 15.4. The van der Waals surface area contributed by atoms with E-state index < -0.39 is 17.3 Å². The molecule has 4 rings (SSSR count). The molecule has 2 aliphatic rings. The van der Waals surface area contributed by atoms with E-state index in [1.165, 1.54) is 18.3 Å². The number of fused-ring (bicyclic) bond motifs is 1. The fraction of sp³-hybridized carbons (Fsp3) is 0.348. The van der Waals surface area contributed by atoms with Crippen LogP contribution in [0, 0.1) is 23.6 Å². The van der Waals surface area contributed by atoms with E-state index in [2.05, 4.69) is 27.1 Å². The van der Waals surface area contributed by atoms with Gasteiger partial charge in [-0.1, -0.05) is 5.92 Å². The number of pyridine rings is 1. The van der Waals surface area contributed by atoms with Gasteiger partial charge in [-0.25, -0.2) is 14.4 Å². The van der Waals surface area contributed by atoms with Crippen molar-refractivity contribution in [1.82, 2.24) is 4.98 Å². The molecular formula is C23H23FN4O4. The Labute approximate surface area is 185 Å². The van der Waals surface area contributed by atoms with Crippen LogP contribution in [0.2, 0.25) is 0 Å². The highest BCUT2D eigenvalue weighted by Crippen LogP contribution is 2.43. The second-order valence-electron chi connectivity index (χ2n) is 7.64.